The normalized spacial score (nSPS) is 10.8. The molecule has 2 N–H and O–H groups in total. The van der Waals surface area contributed by atoms with Crippen molar-refractivity contribution in [2.75, 3.05) is 6.61 Å². The maximum Gasteiger partial charge on any atom is 0.277 e. The van der Waals surface area contributed by atoms with Crippen molar-refractivity contribution >= 4 is 34.7 Å². The quantitative estimate of drug-likeness (QED) is 0.427. The van der Waals surface area contributed by atoms with Gasteiger partial charge in [0.1, 0.15) is 11.5 Å². The third-order valence-electron chi connectivity index (χ3n) is 3.25. The Bertz CT molecular complexity index is 768. The molecule has 0 unspecified atom stereocenters. The van der Waals surface area contributed by atoms with E-state index < -0.39 is 0 Å². The fraction of sp³-hybridized carbons (Fsp3) is 0.222. The lowest BCUT2D eigenvalue weighted by molar-refractivity contribution is -0.123. The second kappa shape index (κ2) is 8.14. The van der Waals surface area contributed by atoms with Gasteiger partial charge in [-0.25, -0.2) is 5.43 Å². The van der Waals surface area contributed by atoms with Crippen LogP contribution in [-0.2, 0) is 4.79 Å². The summed E-state index contributed by atoms with van der Waals surface area (Å²) in [6.07, 6.45) is 1.42. The number of rotatable bonds is 5. The lowest BCUT2D eigenvalue weighted by Gasteiger charge is -2.07. The molecule has 0 atom stereocenters. The summed E-state index contributed by atoms with van der Waals surface area (Å²) in [6.45, 7) is 5.63. The van der Waals surface area contributed by atoms with Crippen molar-refractivity contribution < 1.29 is 14.6 Å². The highest BCUT2D eigenvalue weighted by atomic mass is 127. The molecule has 24 heavy (non-hydrogen) atoms. The number of amides is 1. The number of phenolic OH excluding ortho intramolecular Hbond substituents is 1. The maximum absolute atomic E-state index is 11.8. The Morgan fingerprint density at radius 1 is 1.21 bits per heavy atom. The molecule has 0 aliphatic heterocycles. The number of carbonyl (C=O) groups excluding carboxylic acids is 1. The van der Waals surface area contributed by atoms with Gasteiger partial charge in [-0.1, -0.05) is 6.07 Å². The van der Waals surface area contributed by atoms with Gasteiger partial charge < -0.3 is 9.84 Å². The zero-order valence-electron chi connectivity index (χ0n) is 13.8. The Hall–Kier alpha value is -2.09. The molecule has 0 spiro atoms. The minimum Gasteiger partial charge on any atom is -0.507 e. The topological polar surface area (TPSA) is 70.9 Å². The SMILES string of the molecule is Cc1cc(C)cc(OCC(=O)N/N=C/c2cc(I)cc(C)c2O)c1. The summed E-state index contributed by atoms with van der Waals surface area (Å²) in [5.41, 5.74) is 5.85. The number of ether oxygens (including phenoxy) is 1. The number of hydrogen-bond donors (Lipinski definition) is 2. The molecule has 2 aromatic rings. The van der Waals surface area contributed by atoms with E-state index in [4.69, 9.17) is 4.74 Å². The molecule has 0 aliphatic rings. The highest BCUT2D eigenvalue weighted by Crippen LogP contribution is 2.23. The summed E-state index contributed by atoms with van der Waals surface area (Å²) in [5, 5.41) is 13.8. The van der Waals surface area contributed by atoms with Gasteiger partial charge in [0.05, 0.1) is 6.21 Å². The molecule has 126 valence electrons. The van der Waals surface area contributed by atoms with E-state index in [0.717, 1.165) is 20.3 Å². The molecule has 5 nitrogen and oxygen atoms in total. The van der Waals surface area contributed by atoms with Crippen LogP contribution in [-0.4, -0.2) is 23.8 Å². The standard InChI is InChI=1S/C18H19IN2O3/c1-11-4-12(2)6-16(5-11)24-10-17(22)21-20-9-14-8-15(19)7-13(3)18(14)23/h4-9,23H,10H2,1-3H3,(H,21,22)/b20-9+. The molecule has 0 saturated carbocycles. The first-order valence-corrected chi connectivity index (χ1v) is 8.45. The summed E-state index contributed by atoms with van der Waals surface area (Å²) in [6, 6.07) is 9.42. The fourth-order valence-electron chi connectivity index (χ4n) is 2.23. The highest BCUT2D eigenvalue weighted by molar-refractivity contribution is 14.1. The van der Waals surface area contributed by atoms with E-state index in [-0.39, 0.29) is 18.3 Å². The van der Waals surface area contributed by atoms with Crippen LogP contribution in [0.4, 0.5) is 0 Å². The predicted octanol–water partition coefficient (Wildman–Crippen LogP) is 3.45. The van der Waals surface area contributed by atoms with Gasteiger partial charge >= 0.3 is 0 Å². The Kier molecular flexibility index (Phi) is 6.19. The molecule has 2 aromatic carbocycles. The van der Waals surface area contributed by atoms with Gasteiger partial charge in [0, 0.05) is 9.13 Å². The van der Waals surface area contributed by atoms with E-state index in [1.54, 1.807) is 6.07 Å². The van der Waals surface area contributed by atoms with Gasteiger partial charge in [-0.05, 0) is 84.3 Å². The lowest BCUT2D eigenvalue weighted by Crippen LogP contribution is -2.24. The number of halogens is 1. The summed E-state index contributed by atoms with van der Waals surface area (Å²) in [4.78, 5) is 11.8. The van der Waals surface area contributed by atoms with E-state index in [0.29, 0.717) is 11.3 Å². The van der Waals surface area contributed by atoms with E-state index in [1.165, 1.54) is 6.21 Å². The molecule has 0 bridgehead atoms. The largest absolute Gasteiger partial charge is 0.507 e. The van der Waals surface area contributed by atoms with E-state index >= 15 is 0 Å². The molecule has 6 heteroatoms. The third kappa shape index (κ3) is 5.23. The average Bonchev–Trinajstić information content (AvgIpc) is 2.49. The van der Waals surface area contributed by atoms with Crippen LogP contribution in [0.2, 0.25) is 0 Å². The van der Waals surface area contributed by atoms with Crippen molar-refractivity contribution in [3.05, 3.63) is 56.2 Å². The summed E-state index contributed by atoms with van der Waals surface area (Å²) < 4.78 is 6.44. The molecular weight excluding hydrogens is 419 g/mol. The highest BCUT2D eigenvalue weighted by Gasteiger charge is 2.05. The minimum absolute atomic E-state index is 0.127. The second-order valence-corrected chi connectivity index (χ2v) is 6.81. The van der Waals surface area contributed by atoms with Crippen molar-refractivity contribution in [1.29, 1.82) is 0 Å². The van der Waals surface area contributed by atoms with E-state index in [2.05, 4.69) is 33.1 Å². The van der Waals surface area contributed by atoms with Crippen LogP contribution in [0.25, 0.3) is 0 Å². The van der Waals surface area contributed by atoms with Crippen LogP contribution in [0.3, 0.4) is 0 Å². The van der Waals surface area contributed by atoms with Gasteiger partial charge in [-0.3, -0.25) is 4.79 Å². The van der Waals surface area contributed by atoms with Crippen molar-refractivity contribution in [3.63, 3.8) is 0 Å². The number of hydrogen-bond acceptors (Lipinski definition) is 4. The Morgan fingerprint density at radius 3 is 2.54 bits per heavy atom. The van der Waals surface area contributed by atoms with Gasteiger partial charge in [0.15, 0.2) is 6.61 Å². The lowest BCUT2D eigenvalue weighted by atomic mass is 10.1. The van der Waals surface area contributed by atoms with Crippen molar-refractivity contribution in [2.24, 2.45) is 5.10 Å². The Morgan fingerprint density at radius 2 is 1.88 bits per heavy atom. The summed E-state index contributed by atoms with van der Waals surface area (Å²) in [7, 11) is 0. The molecular formula is C18H19IN2O3. The maximum atomic E-state index is 11.8. The second-order valence-electron chi connectivity index (χ2n) is 5.57. The van der Waals surface area contributed by atoms with Gasteiger partial charge in [0.25, 0.3) is 5.91 Å². The minimum atomic E-state index is -0.368. The Balaban J connectivity index is 1.91. The van der Waals surface area contributed by atoms with Crippen LogP contribution in [0.1, 0.15) is 22.3 Å². The zero-order chi connectivity index (χ0) is 17.7. The average molecular weight is 438 g/mol. The van der Waals surface area contributed by atoms with E-state index in [9.17, 15) is 9.90 Å². The number of carbonyl (C=O) groups is 1. The number of nitrogens with zero attached hydrogens (tertiary/aromatic N) is 1. The first kappa shape index (κ1) is 18.3. The summed E-state index contributed by atoms with van der Waals surface area (Å²) >= 11 is 2.16. The monoisotopic (exact) mass is 438 g/mol. The first-order chi connectivity index (χ1) is 11.3. The Labute approximate surface area is 154 Å². The molecule has 0 heterocycles. The van der Waals surface area contributed by atoms with Crippen LogP contribution >= 0.6 is 22.6 Å². The molecule has 0 fully saturated rings. The van der Waals surface area contributed by atoms with Crippen LogP contribution in [0, 0.1) is 24.3 Å². The number of nitrogens with one attached hydrogen (secondary N) is 1. The zero-order valence-corrected chi connectivity index (χ0v) is 15.9. The van der Waals surface area contributed by atoms with E-state index in [1.807, 2.05) is 45.0 Å². The van der Waals surface area contributed by atoms with Crippen molar-refractivity contribution in [3.8, 4) is 11.5 Å². The summed E-state index contributed by atoms with van der Waals surface area (Å²) in [5.74, 6) is 0.435. The third-order valence-corrected chi connectivity index (χ3v) is 3.88. The van der Waals surface area contributed by atoms with Crippen LogP contribution in [0.15, 0.2) is 35.4 Å². The molecule has 0 saturated heterocycles. The smallest absolute Gasteiger partial charge is 0.277 e. The van der Waals surface area contributed by atoms with Crippen molar-refractivity contribution in [2.45, 2.75) is 20.8 Å². The fourth-order valence-corrected chi connectivity index (χ4v) is 3.03. The number of hydrazone groups is 1. The number of aromatic hydroxyl groups is 1. The van der Waals surface area contributed by atoms with Gasteiger partial charge in [-0.2, -0.15) is 5.10 Å². The number of phenols is 1. The van der Waals surface area contributed by atoms with Gasteiger partial charge in [0.2, 0.25) is 0 Å². The molecule has 0 aliphatic carbocycles. The molecule has 0 aromatic heterocycles. The van der Waals surface area contributed by atoms with Gasteiger partial charge in [-0.15, -0.1) is 0 Å². The molecule has 0 radical (unpaired) electrons. The van der Waals surface area contributed by atoms with Crippen LogP contribution < -0.4 is 10.2 Å². The van der Waals surface area contributed by atoms with Crippen molar-refractivity contribution in [1.82, 2.24) is 5.43 Å². The number of aryl methyl sites for hydroxylation is 3. The van der Waals surface area contributed by atoms with Crippen LogP contribution in [0.5, 0.6) is 11.5 Å². The molecule has 1 amide bonds. The predicted molar refractivity (Wildman–Crippen MR) is 103 cm³/mol. The molecule has 2 rings (SSSR count). The number of benzene rings is 2. The first-order valence-electron chi connectivity index (χ1n) is 7.37.